The van der Waals surface area contributed by atoms with Crippen molar-refractivity contribution in [2.24, 2.45) is 0 Å². The minimum Gasteiger partial charge on any atom is -0.319 e. The topological polar surface area (TPSA) is 73.2 Å². The molecular weight excluding hydrogens is 286 g/mol. The van der Waals surface area contributed by atoms with Crippen LogP contribution in [0.15, 0.2) is 24.3 Å². The van der Waals surface area contributed by atoms with Gasteiger partial charge in [0.2, 0.25) is 0 Å². The van der Waals surface area contributed by atoms with Crippen molar-refractivity contribution in [3.63, 3.8) is 0 Å². The summed E-state index contributed by atoms with van der Waals surface area (Å²) in [4.78, 5) is 25.9. The predicted octanol–water partition coefficient (Wildman–Crippen LogP) is 2.08. The fraction of sp³-hybridized carbons (Fsp3) is 0.400. The maximum Gasteiger partial charge on any atom is 0.325 e. The van der Waals surface area contributed by atoms with Crippen LogP contribution in [0.3, 0.4) is 0 Å². The molecule has 2 rings (SSSR count). The molecule has 1 aromatic rings. The molecule has 6 heteroatoms. The van der Waals surface area contributed by atoms with Gasteiger partial charge in [-0.15, -0.1) is 0 Å². The van der Waals surface area contributed by atoms with Crippen LogP contribution in [0.5, 0.6) is 0 Å². The van der Waals surface area contributed by atoms with Gasteiger partial charge >= 0.3 is 6.03 Å². The number of urea groups is 1. The highest BCUT2D eigenvalue weighted by Crippen LogP contribution is 2.29. The Morgan fingerprint density at radius 3 is 2.57 bits per heavy atom. The number of amides is 3. The number of nitrogens with one attached hydrogen (secondary N) is 1. The van der Waals surface area contributed by atoms with Crippen LogP contribution in [-0.4, -0.2) is 35.4 Å². The molecule has 110 valence electrons. The quantitative estimate of drug-likeness (QED) is 0.667. The minimum absolute atomic E-state index is 0.238. The average molecular weight is 303 g/mol. The molecule has 3 amide bonds. The predicted molar refractivity (Wildman–Crippen MR) is 81.8 cm³/mol. The van der Waals surface area contributed by atoms with Gasteiger partial charge < -0.3 is 5.32 Å². The van der Waals surface area contributed by atoms with E-state index in [1.54, 1.807) is 43.0 Å². The van der Waals surface area contributed by atoms with Crippen molar-refractivity contribution in [1.82, 2.24) is 10.2 Å². The molecular formula is C15H17N3O2S. The standard InChI is InChI=1S/C15H17N3O2S/c1-15(12-6-4-11(10-16)5-7-12)13(19)18(14(20)17-15)8-3-9-21-2/h4-7H,3,8-9H2,1-2H3,(H,17,20). The molecule has 0 bridgehead atoms. The van der Waals surface area contributed by atoms with E-state index in [2.05, 4.69) is 5.32 Å². The lowest BCUT2D eigenvalue weighted by Gasteiger charge is -2.22. The second-order valence-electron chi connectivity index (χ2n) is 5.05. The molecule has 0 spiro atoms. The molecule has 0 saturated carbocycles. The van der Waals surface area contributed by atoms with Crippen molar-refractivity contribution >= 4 is 23.7 Å². The molecule has 1 unspecified atom stereocenters. The summed E-state index contributed by atoms with van der Waals surface area (Å²) in [5, 5.41) is 11.6. The van der Waals surface area contributed by atoms with Gasteiger partial charge in [0.15, 0.2) is 0 Å². The molecule has 1 N–H and O–H groups in total. The summed E-state index contributed by atoms with van der Waals surface area (Å²) < 4.78 is 0. The van der Waals surface area contributed by atoms with Crippen LogP contribution in [0.25, 0.3) is 0 Å². The Labute approximate surface area is 128 Å². The summed E-state index contributed by atoms with van der Waals surface area (Å²) >= 11 is 1.69. The Bertz CT molecular complexity index is 594. The van der Waals surface area contributed by atoms with E-state index >= 15 is 0 Å². The molecule has 1 aliphatic heterocycles. The van der Waals surface area contributed by atoms with Crippen molar-refractivity contribution in [3.8, 4) is 6.07 Å². The van der Waals surface area contributed by atoms with Crippen LogP contribution >= 0.6 is 11.8 Å². The molecule has 5 nitrogen and oxygen atoms in total. The fourth-order valence-corrected chi connectivity index (χ4v) is 2.76. The van der Waals surface area contributed by atoms with Crippen molar-refractivity contribution in [1.29, 1.82) is 5.26 Å². The Kier molecular flexibility index (Phi) is 4.53. The number of hydrogen-bond acceptors (Lipinski definition) is 4. The second-order valence-corrected chi connectivity index (χ2v) is 6.03. The Balaban J connectivity index is 2.20. The first-order valence-electron chi connectivity index (χ1n) is 6.66. The van der Waals surface area contributed by atoms with E-state index in [1.165, 1.54) is 4.90 Å². The smallest absolute Gasteiger partial charge is 0.319 e. The highest BCUT2D eigenvalue weighted by Gasteiger charge is 2.48. The zero-order valence-electron chi connectivity index (χ0n) is 12.0. The van der Waals surface area contributed by atoms with Gasteiger partial charge in [-0.2, -0.15) is 17.0 Å². The number of nitriles is 1. The molecule has 1 atom stereocenters. The zero-order valence-corrected chi connectivity index (χ0v) is 12.9. The van der Waals surface area contributed by atoms with Crippen molar-refractivity contribution in [3.05, 3.63) is 35.4 Å². The maximum absolute atomic E-state index is 12.6. The maximum atomic E-state index is 12.6. The minimum atomic E-state index is -1.05. The largest absolute Gasteiger partial charge is 0.325 e. The molecule has 0 aliphatic carbocycles. The lowest BCUT2D eigenvalue weighted by Crippen LogP contribution is -2.41. The Morgan fingerprint density at radius 1 is 1.33 bits per heavy atom. The van der Waals surface area contributed by atoms with E-state index in [9.17, 15) is 9.59 Å². The van der Waals surface area contributed by atoms with E-state index in [0.29, 0.717) is 17.7 Å². The normalized spacial score (nSPS) is 21.3. The van der Waals surface area contributed by atoms with Crippen molar-refractivity contribution in [2.45, 2.75) is 18.9 Å². The van der Waals surface area contributed by atoms with Crippen LogP contribution in [0.4, 0.5) is 4.79 Å². The average Bonchev–Trinajstić information content (AvgIpc) is 2.71. The van der Waals surface area contributed by atoms with Gasteiger partial charge in [-0.3, -0.25) is 9.69 Å². The third-order valence-corrected chi connectivity index (χ3v) is 4.29. The number of nitrogens with zero attached hydrogens (tertiary/aromatic N) is 2. The van der Waals surface area contributed by atoms with Crippen LogP contribution < -0.4 is 5.32 Å². The van der Waals surface area contributed by atoms with Gasteiger partial charge in [0.25, 0.3) is 5.91 Å². The lowest BCUT2D eigenvalue weighted by molar-refractivity contribution is -0.131. The first-order chi connectivity index (χ1) is 10.0. The summed E-state index contributed by atoms with van der Waals surface area (Å²) in [5.74, 6) is 0.670. The highest BCUT2D eigenvalue weighted by molar-refractivity contribution is 7.98. The van der Waals surface area contributed by atoms with Crippen molar-refractivity contribution in [2.75, 3.05) is 18.6 Å². The third kappa shape index (κ3) is 2.88. The van der Waals surface area contributed by atoms with E-state index < -0.39 is 5.54 Å². The lowest BCUT2D eigenvalue weighted by atomic mass is 9.91. The van der Waals surface area contributed by atoms with Crippen LogP contribution in [0.2, 0.25) is 0 Å². The molecule has 1 aliphatic rings. The van der Waals surface area contributed by atoms with Gasteiger partial charge in [-0.1, -0.05) is 12.1 Å². The summed E-state index contributed by atoms with van der Waals surface area (Å²) in [6.07, 6.45) is 2.77. The van der Waals surface area contributed by atoms with Crippen LogP contribution in [0, 0.1) is 11.3 Å². The number of hydrogen-bond donors (Lipinski definition) is 1. The molecule has 0 radical (unpaired) electrons. The number of carbonyl (C=O) groups is 2. The molecule has 1 heterocycles. The monoisotopic (exact) mass is 303 g/mol. The van der Waals surface area contributed by atoms with Gasteiger partial charge in [-0.05, 0) is 43.0 Å². The number of imide groups is 1. The summed E-state index contributed by atoms with van der Waals surface area (Å²) in [6.45, 7) is 2.13. The van der Waals surface area contributed by atoms with Crippen molar-refractivity contribution < 1.29 is 9.59 Å². The van der Waals surface area contributed by atoms with E-state index in [-0.39, 0.29) is 11.9 Å². The third-order valence-electron chi connectivity index (χ3n) is 3.60. The first kappa shape index (κ1) is 15.4. The first-order valence-corrected chi connectivity index (χ1v) is 8.06. The molecule has 1 fully saturated rings. The summed E-state index contributed by atoms with van der Waals surface area (Å²) in [5.41, 5.74) is 0.160. The van der Waals surface area contributed by atoms with Gasteiger partial charge in [0.1, 0.15) is 5.54 Å². The van der Waals surface area contributed by atoms with Gasteiger partial charge in [-0.25, -0.2) is 4.79 Å². The highest BCUT2D eigenvalue weighted by atomic mass is 32.2. The molecule has 1 saturated heterocycles. The summed E-state index contributed by atoms with van der Waals surface area (Å²) in [6, 6.07) is 8.40. The van der Waals surface area contributed by atoms with Crippen LogP contribution in [0.1, 0.15) is 24.5 Å². The molecule has 1 aromatic carbocycles. The van der Waals surface area contributed by atoms with Crippen LogP contribution in [-0.2, 0) is 10.3 Å². The van der Waals surface area contributed by atoms with E-state index in [0.717, 1.165) is 12.2 Å². The SMILES string of the molecule is CSCCCN1C(=O)NC(C)(c2ccc(C#N)cc2)C1=O. The van der Waals surface area contributed by atoms with E-state index in [4.69, 9.17) is 5.26 Å². The van der Waals surface area contributed by atoms with E-state index in [1.807, 2.05) is 12.3 Å². The van der Waals surface area contributed by atoms with Gasteiger partial charge in [0.05, 0.1) is 11.6 Å². The number of thioether (sulfide) groups is 1. The zero-order chi connectivity index (χ0) is 15.5. The molecule has 21 heavy (non-hydrogen) atoms. The molecule has 0 aromatic heterocycles. The number of carbonyl (C=O) groups excluding carboxylic acids is 2. The number of benzene rings is 1. The van der Waals surface area contributed by atoms with Gasteiger partial charge in [0, 0.05) is 6.54 Å². The number of rotatable bonds is 5. The fourth-order valence-electron chi connectivity index (χ4n) is 2.34. The summed E-state index contributed by atoms with van der Waals surface area (Å²) in [7, 11) is 0. The Hall–Kier alpha value is -2.00. The second kappa shape index (κ2) is 6.19. The Morgan fingerprint density at radius 2 is 2.00 bits per heavy atom.